The van der Waals surface area contributed by atoms with Crippen LogP contribution >= 0.6 is 0 Å². The molecule has 0 radical (unpaired) electrons. The van der Waals surface area contributed by atoms with Gasteiger partial charge in [0.1, 0.15) is 0 Å². The summed E-state index contributed by atoms with van der Waals surface area (Å²) in [4.78, 5) is 4.34. The van der Waals surface area contributed by atoms with Gasteiger partial charge in [-0.3, -0.25) is 4.98 Å². The van der Waals surface area contributed by atoms with Gasteiger partial charge in [0.05, 0.1) is 6.61 Å². The van der Waals surface area contributed by atoms with E-state index >= 15 is 0 Å². The summed E-state index contributed by atoms with van der Waals surface area (Å²) < 4.78 is 5.18. The quantitative estimate of drug-likeness (QED) is 0.708. The van der Waals surface area contributed by atoms with Crippen molar-refractivity contribution < 1.29 is 4.74 Å². The molecule has 0 aliphatic carbocycles. The van der Waals surface area contributed by atoms with Crippen molar-refractivity contribution in [3.05, 3.63) is 30.1 Å². The fourth-order valence-electron chi connectivity index (χ4n) is 1.39. The SMILES string of the molecule is COCC(c1ccccn1)C(C)C. The average Bonchev–Trinajstić information content (AvgIpc) is 2.15. The molecule has 0 N–H and O–H groups in total. The zero-order chi connectivity index (χ0) is 9.68. The second-order valence-corrected chi connectivity index (χ2v) is 3.56. The van der Waals surface area contributed by atoms with Gasteiger partial charge in [-0.15, -0.1) is 0 Å². The number of pyridine rings is 1. The molecule has 0 saturated heterocycles. The Labute approximate surface area is 80.0 Å². The maximum atomic E-state index is 5.18. The lowest BCUT2D eigenvalue weighted by Gasteiger charge is -2.18. The molecule has 13 heavy (non-hydrogen) atoms. The summed E-state index contributed by atoms with van der Waals surface area (Å²) >= 11 is 0. The van der Waals surface area contributed by atoms with E-state index in [1.807, 2.05) is 18.3 Å². The van der Waals surface area contributed by atoms with Crippen LogP contribution in [0.4, 0.5) is 0 Å². The number of aromatic nitrogens is 1. The number of hydrogen-bond acceptors (Lipinski definition) is 2. The standard InChI is InChI=1S/C11H17NO/c1-9(2)10(8-13-3)11-6-4-5-7-12-11/h4-7,9-10H,8H2,1-3H3. The molecule has 0 aliphatic heterocycles. The molecule has 2 nitrogen and oxygen atoms in total. The van der Waals surface area contributed by atoms with E-state index in [9.17, 15) is 0 Å². The summed E-state index contributed by atoms with van der Waals surface area (Å²) in [6.07, 6.45) is 1.83. The molecule has 0 saturated carbocycles. The Morgan fingerprint density at radius 3 is 2.62 bits per heavy atom. The van der Waals surface area contributed by atoms with Crippen LogP contribution in [0.5, 0.6) is 0 Å². The maximum Gasteiger partial charge on any atom is 0.0548 e. The van der Waals surface area contributed by atoms with E-state index in [0.29, 0.717) is 11.8 Å². The number of hydrogen-bond donors (Lipinski definition) is 0. The normalized spacial score (nSPS) is 13.2. The summed E-state index contributed by atoms with van der Waals surface area (Å²) in [5.41, 5.74) is 1.12. The highest BCUT2D eigenvalue weighted by Crippen LogP contribution is 2.22. The Morgan fingerprint density at radius 1 is 1.38 bits per heavy atom. The average molecular weight is 179 g/mol. The van der Waals surface area contributed by atoms with Crippen molar-refractivity contribution in [3.63, 3.8) is 0 Å². The smallest absolute Gasteiger partial charge is 0.0548 e. The third-order valence-corrected chi connectivity index (χ3v) is 2.22. The third-order valence-electron chi connectivity index (χ3n) is 2.22. The van der Waals surface area contributed by atoms with Crippen LogP contribution in [-0.4, -0.2) is 18.7 Å². The summed E-state index contributed by atoms with van der Waals surface area (Å²) in [5, 5.41) is 0. The Bertz CT molecular complexity index is 233. The molecule has 0 spiro atoms. The van der Waals surface area contributed by atoms with Crippen LogP contribution in [0, 0.1) is 5.92 Å². The Hall–Kier alpha value is -0.890. The second kappa shape index (κ2) is 4.97. The molecule has 0 amide bonds. The topological polar surface area (TPSA) is 22.1 Å². The largest absolute Gasteiger partial charge is 0.384 e. The number of nitrogens with zero attached hydrogens (tertiary/aromatic N) is 1. The van der Waals surface area contributed by atoms with E-state index in [-0.39, 0.29) is 0 Å². The summed E-state index contributed by atoms with van der Waals surface area (Å²) in [7, 11) is 1.73. The first-order chi connectivity index (χ1) is 6.25. The first-order valence-electron chi connectivity index (χ1n) is 4.65. The molecular weight excluding hydrogens is 162 g/mol. The maximum absolute atomic E-state index is 5.18. The summed E-state index contributed by atoms with van der Waals surface area (Å²) in [6, 6.07) is 6.02. The molecule has 0 bridgehead atoms. The van der Waals surface area contributed by atoms with Gasteiger partial charge < -0.3 is 4.74 Å². The highest BCUT2D eigenvalue weighted by atomic mass is 16.5. The van der Waals surface area contributed by atoms with E-state index < -0.39 is 0 Å². The molecule has 1 rings (SSSR count). The molecule has 2 heteroatoms. The molecule has 1 aromatic rings. The Balaban J connectivity index is 2.76. The Morgan fingerprint density at radius 2 is 2.15 bits per heavy atom. The van der Waals surface area contributed by atoms with E-state index in [1.54, 1.807) is 7.11 Å². The van der Waals surface area contributed by atoms with Crippen LogP contribution in [0.1, 0.15) is 25.5 Å². The molecule has 0 aromatic carbocycles. The van der Waals surface area contributed by atoms with Gasteiger partial charge in [-0.05, 0) is 18.1 Å². The lowest BCUT2D eigenvalue weighted by Crippen LogP contribution is -2.14. The van der Waals surface area contributed by atoms with Crippen LogP contribution in [0.3, 0.4) is 0 Å². The van der Waals surface area contributed by atoms with Gasteiger partial charge in [0.15, 0.2) is 0 Å². The fourth-order valence-corrected chi connectivity index (χ4v) is 1.39. The van der Waals surface area contributed by atoms with E-state index in [1.165, 1.54) is 0 Å². The van der Waals surface area contributed by atoms with Crippen LogP contribution < -0.4 is 0 Å². The highest BCUT2D eigenvalue weighted by Gasteiger charge is 2.16. The van der Waals surface area contributed by atoms with Crippen LogP contribution in [0.2, 0.25) is 0 Å². The van der Waals surface area contributed by atoms with E-state index in [0.717, 1.165) is 12.3 Å². The van der Waals surface area contributed by atoms with E-state index in [4.69, 9.17) is 4.74 Å². The van der Waals surface area contributed by atoms with Crippen molar-refractivity contribution in [2.24, 2.45) is 5.92 Å². The monoisotopic (exact) mass is 179 g/mol. The zero-order valence-corrected chi connectivity index (χ0v) is 8.53. The molecule has 1 heterocycles. The molecule has 72 valence electrons. The van der Waals surface area contributed by atoms with Crippen LogP contribution in [0.25, 0.3) is 0 Å². The van der Waals surface area contributed by atoms with Crippen molar-refractivity contribution in [1.29, 1.82) is 0 Å². The van der Waals surface area contributed by atoms with Crippen molar-refractivity contribution in [2.45, 2.75) is 19.8 Å². The molecule has 1 aromatic heterocycles. The number of methoxy groups -OCH3 is 1. The van der Waals surface area contributed by atoms with Gasteiger partial charge in [-0.25, -0.2) is 0 Å². The minimum Gasteiger partial charge on any atom is -0.384 e. The molecular formula is C11H17NO. The Kier molecular flexibility index (Phi) is 3.90. The van der Waals surface area contributed by atoms with E-state index in [2.05, 4.69) is 24.9 Å². The predicted octanol–water partition coefficient (Wildman–Crippen LogP) is 2.47. The lowest BCUT2D eigenvalue weighted by molar-refractivity contribution is 0.161. The molecule has 0 aliphatic rings. The van der Waals surface area contributed by atoms with Gasteiger partial charge in [0.25, 0.3) is 0 Å². The molecule has 1 unspecified atom stereocenters. The van der Waals surface area contributed by atoms with Crippen molar-refractivity contribution in [2.75, 3.05) is 13.7 Å². The predicted molar refractivity (Wildman–Crippen MR) is 53.7 cm³/mol. The second-order valence-electron chi connectivity index (χ2n) is 3.56. The van der Waals surface area contributed by atoms with Gasteiger partial charge >= 0.3 is 0 Å². The zero-order valence-electron chi connectivity index (χ0n) is 8.53. The van der Waals surface area contributed by atoms with Gasteiger partial charge in [0, 0.05) is 24.9 Å². The minimum absolute atomic E-state index is 0.409. The summed E-state index contributed by atoms with van der Waals surface area (Å²) in [6.45, 7) is 5.13. The van der Waals surface area contributed by atoms with Gasteiger partial charge in [-0.1, -0.05) is 19.9 Å². The summed E-state index contributed by atoms with van der Waals surface area (Å²) in [5.74, 6) is 0.973. The fraction of sp³-hybridized carbons (Fsp3) is 0.545. The van der Waals surface area contributed by atoms with Crippen LogP contribution in [0.15, 0.2) is 24.4 Å². The highest BCUT2D eigenvalue weighted by molar-refractivity contribution is 5.10. The van der Waals surface area contributed by atoms with Crippen molar-refractivity contribution >= 4 is 0 Å². The minimum atomic E-state index is 0.409. The lowest BCUT2D eigenvalue weighted by atomic mass is 9.93. The first kappa shape index (κ1) is 10.2. The number of ether oxygens (including phenoxy) is 1. The van der Waals surface area contributed by atoms with Gasteiger partial charge in [0.2, 0.25) is 0 Å². The molecule has 0 fully saturated rings. The van der Waals surface area contributed by atoms with Crippen molar-refractivity contribution in [1.82, 2.24) is 4.98 Å². The number of rotatable bonds is 4. The van der Waals surface area contributed by atoms with Crippen molar-refractivity contribution in [3.8, 4) is 0 Å². The third kappa shape index (κ3) is 2.81. The molecule has 1 atom stereocenters. The first-order valence-corrected chi connectivity index (χ1v) is 4.65. The van der Waals surface area contributed by atoms with Crippen LogP contribution in [-0.2, 0) is 4.74 Å². The van der Waals surface area contributed by atoms with Gasteiger partial charge in [-0.2, -0.15) is 0 Å².